The molecule has 106 valence electrons. The molecule has 2 fully saturated rings. The van der Waals surface area contributed by atoms with Gasteiger partial charge in [0.15, 0.2) is 0 Å². The minimum Gasteiger partial charge on any atom is -0.380 e. The Morgan fingerprint density at radius 3 is 2.94 bits per heavy atom. The molecule has 1 aliphatic carbocycles. The Hall–Kier alpha value is -0.160. The zero-order valence-electron chi connectivity index (χ0n) is 11.9. The van der Waals surface area contributed by atoms with Gasteiger partial charge >= 0.3 is 0 Å². The van der Waals surface area contributed by atoms with Crippen molar-refractivity contribution >= 4 is 0 Å². The topological polar surface area (TPSA) is 27.7 Å². The molecule has 0 radical (unpaired) electrons. The first-order chi connectivity index (χ1) is 8.84. The maximum atomic E-state index is 5.67. The Balaban J connectivity index is 1.46. The molecule has 1 saturated heterocycles. The highest BCUT2D eigenvalue weighted by atomic mass is 16.5. The van der Waals surface area contributed by atoms with Crippen LogP contribution in [0.5, 0.6) is 0 Å². The summed E-state index contributed by atoms with van der Waals surface area (Å²) in [5.41, 5.74) is 0. The van der Waals surface area contributed by atoms with Crippen LogP contribution in [0.1, 0.15) is 19.3 Å². The molecule has 0 spiro atoms. The van der Waals surface area contributed by atoms with Gasteiger partial charge in [-0.25, -0.2) is 0 Å². The van der Waals surface area contributed by atoms with Crippen molar-refractivity contribution in [2.75, 3.05) is 66.1 Å². The van der Waals surface area contributed by atoms with Crippen LogP contribution in [0.25, 0.3) is 0 Å². The van der Waals surface area contributed by atoms with Gasteiger partial charge in [0, 0.05) is 39.3 Å². The second kappa shape index (κ2) is 8.10. The van der Waals surface area contributed by atoms with Gasteiger partial charge in [0.25, 0.3) is 0 Å². The summed E-state index contributed by atoms with van der Waals surface area (Å²) < 4.78 is 5.67. The number of rotatable bonds is 8. The fourth-order valence-corrected chi connectivity index (χ4v) is 2.30. The Morgan fingerprint density at radius 1 is 1.22 bits per heavy atom. The lowest BCUT2D eigenvalue weighted by molar-refractivity contribution is 0.100. The first-order valence-corrected chi connectivity index (χ1v) is 7.54. The van der Waals surface area contributed by atoms with Crippen LogP contribution in [0.2, 0.25) is 0 Å². The Kier molecular flexibility index (Phi) is 6.41. The molecule has 0 aromatic carbocycles. The summed E-state index contributed by atoms with van der Waals surface area (Å²) in [6, 6.07) is 0. The lowest BCUT2D eigenvalue weighted by Crippen LogP contribution is -2.36. The predicted molar refractivity (Wildman–Crippen MR) is 75.0 cm³/mol. The molecule has 1 N–H and O–H groups in total. The predicted octanol–water partition coefficient (Wildman–Crippen LogP) is 0.640. The Morgan fingerprint density at radius 2 is 2.11 bits per heavy atom. The van der Waals surface area contributed by atoms with Gasteiger partial charge in [0.05, 0.1) is 6.61 Å². The highest BCUT2D eigenvalue weighted by molar-refractivity contribution is 4.72. The Labute approximate surface area is 112 Å². The third kappa shape index (κ3) is 6.14. The molecule has 1 heterocycles. The van der Waals surface area contributed by atoms with Crippen LogP contribution in [0, 0.1) is 5.92 Å². The minimum absolute atomic E-state index is 0.889. The summed E-state index contributed by atoms with van der Waals surface area (Å²) in [6.07, 6.45) is 4.06. The largest absolute Gasteiger partial charge is 0.380 e. The fourth-order valence-electron chi connectivity index (χ4n) is 2.30. The molecule has 0 unspecified atom stereocenters. The lowest BCUT2D eigenvalue weighted by atomic mass is 10.4. The zero-order chi connectivity index (χ0) is 12.6. The van der Waals surface area contributed by atoms with Crippen LogP contribution in [0.4, 0.5) is 0 Å². The van der Waals surface area contributed by atoms with Crippen LogP contribution < -0.4 is 5.32 Å². The smallest absolute Gasteiger partial charge is 0.0593 e. The van der Waals surface area contributed by atoms with Crippen molar-refractivity contribution < 1.29 is 4.74 Å². The second-order valence-electron chi connectivity index (χ2n) is 5.77. The first-order valence-electron chi connectivity index (χ1n) is 7.54. The molecule has 0 aromatic heterocycles. The van der Waals surface area contributed by atoms with Gasteiger partial charge in [0.2, 0.25) is 0 Å². The van der Waals surface area contributed by atoms with Crippen molar-refractivity contribution in [2.24, 2.45) is 5.92 Å². The van der Waals surface area contributed by atoms with E-state index in [0.29, 0.717) is 0 Å². The van der Waals surface area contributed by atoms with E-state index in [9.17, 15) is 0 Å². The number of hydrogen-bond acceptors (Lipinski definition) is 4. The van der Waals surface area contributed by atoms with Crippen molar-refractivity contribution in [1.29, 1.82) is 0 Å². The number of likely N-dealkylation sites (N-methyl/N-ethyl adjacent to an activating group) is 1. The maximum Gasteiger partial charge on any atom is 0.0593 e. The van der Waals surface area contributed by atoms with Crippen molar-refractivity contribution in [1.82, 2.24) is 15.1 Å². The maximum absolute atomic E-state index is 5.67. The third-order valence-electron chi connectivity index (χ3n) is 3.90. The minimum atomic E-state index is 0.889. The van der Waals surface area contributed by atoms with Gasteiger partial charge in [-0.15, -0.1) is 0 Å². The van der Waals surface area contributed by atoms with Gasteiger partial charge in [0.1, 0.15) is 0 Å². The van der Waals surface area contributed by atoms with Crippen LogP contribution in [-0.4, -0.2) is 75.9 Å². The SMILES string of the molecule is CN(CCOCC1CC1)CCN1CCCNCC1. The molecule has 1 saturated carbocycles. The van der Waals surface area contributed by atoms with Gasteiger partial charge in [-0.3, -0.25) is 0 Å². The standard InChI is InChI=1S/C14H29N3O/c1-16(11-12-18-13-14-3-4-14)9-10-17-7-2-5-15-6-8-17/h14-15H,2-13H2,1H3. The van der Waals surface area contributed by atoms with Crippen LogP contribution >= 0.6 is 0 Å². The van der Waals surface area contributed by atoms with E-state index in [-0.39, 0.29) is 0 Å². The number of hydrogen-bond donors (Lipinski definition) is 1. The van der Waals surface area contributed by atoms with Crippen molar-refractivity contribution in [3.8, 4) is 0 Å². The molecule has 0 amide bonds. The number of nitrogens with zero attached hydrogens (tertiary/aromatic N) is 2. The van der Waals surface area contributed by atoms with E-state index >= 15 is 0 Å². The van der Waals surface area contributed by atoms with E-state index in [1.807, 2.05) is 0 Å². The van der Waals surface area contributed by atoms with Crippen molar-refractivity contribution in [3.63, 3.8) is 0 Å². The van der Waals surface area contributed by atoms with Gasteiger partial charge in [-0.1, -0.05) is 0 Å². The van der Waals surface area contributed by atoms with Crippen LogP contribution in [0.15, 0.2) is 0 Å². The van der Waals surface area contributed by atoms with E-state index in [1.54, 1.807) is 0 Å². The van der Waals surface area contributed by atoms with E-state index in [2.05, 4.69) is 22.2 Å². The van der Waals surface area contributed by atoms with Gasteiger partial charge in [-0.05, 0) is 45.3 Å². The molecule has 1 aliphatic heterocycles. The van der Waals surface area contributed by atoms with E-state index in [0.717, 1.165) is 38.8 Å². The molecule has 18 heavy (non-hydrogen) atoms. The quantitative estimate of drug-likeness (QED) is 0.644. The summed E-state index contributed by atoms with van der Waals surface area (Å²) >= 11 is 0. The molecular formula is C14H29N3O. The summed E-state index contributed by atoms with van der Waals surface area (Å²) in [6.45, 7) is 10.1. The van der Waals surface area contributed by atoms with E-state index < -0.39 is 0 Å². The summed E-state index contributed by atoms with van der Waals surface area (Å²) in [7, 11) is 2.20. The number of nitrogens with one attached hydrogen (secondary N) is 1. The second-order valence-corrected chi connectivity index (χ2v) is 5.77. The Bertz CT molecular complexity index is 213. The fraction of sp³-hybridized carbons (Fsp3) is 1.00. The average Bonchev–Trinajstić information content (AvgIpc) is 3.19. The molecule has 4 heteroatoms. The summed E-state index contributed by atoms with van der Waals surface area (Å²) in [5.74, 6) is 0.889. The molecule has 0 atom stereocenters. The third-order valence-corrected chi connectivity index (χ3v) is 3.90. The van der Waals surface area contributed by atoms with Gasteiger partial charge in [-0.2, -0.15) is 0 Å². The molecular weight excluding hydrogens is 226 g/mol. The molecule has 2 rings (SSSR count). The van der Waals surface area contributed by atoms with Crippen LogP contribution in [-0.2, 0) is 4.74 Å². The van der Waals surface area contributed by atoms with Crippen molar-refractivity contribution in [3.05, 3.63) is 0 Å². The summed E-state index contributed by atoms with van der Waals surface area (Å²) in [4.78, 5) is 4.97. The summed E-state index contributed by atoms with van der Waals surface area (Å²) in [5, 5.41) is 3.45. The van der Waals surface area contributed by atoms with Gasteiger partial charge < -0.3 is 19.9 Å². The normalized spacial score (nSPS) is 22.3. The monoisotopic (exact) mass is 255 g/mol. The molecule has 2 aliphatic rings. The van der Waals surface area contributed by atoms with Crippen LogP contribution in [0.3, 0.4) is 0 Å². The van der Waals surface area contributed by atoms with E-state index in [1.165, 1.54) is 45.4 Å². The first kappa shape index (κ1) is 14.3. The molecule has 4 nitrogen and oxygen atoms in total. The zero-order valence-corrected chi connectivity index (χ0v) is 11.9. The highest BCUT2D eigenvalue weighted by Gasteiger charge is 2.20. The lowest BCUT2D eigenvalue weighted by Gasteiger charge is -2.23. The number of ether oxygens (including phenoxy) is 1. The van der Waals surface area contributed by atoms with E-state index in [4.69, 9.17) is 4.74 Å². The average molecular weight is 255 g/mol. The highest BCUT2D eigenvalue weighted by Crippen LogP contribution is 2.28. The molecule has 0 bridgehead atoms. The molecule has 0 aromatic rings. The van der Waals surface area contributed by atoms with Crippen molar-refractivity contribution in [2.45, 2.75) is 19.3 Å².